The van der Waals surface area contributed by atoms with E-state index in [-0.39, 0.29) is 46.4 Å². The largest absolute Gasteiger partial charge is 0.480 e. The molecule has 3 fully saturated rings. The number of piperidine rings is 2. The van der Waals surface area contributed by atoms with E-state index in [2.05, 4.69) is 52.5 Å². The number of carbonyl (C=O) groups excluding carboxylic acids is 2. The van der Waals surface area contributed by atoms with E-state index in [4.69, 9.17) is 21.6 Å². The molecule has 0 radical (unpaired) electrons. The first-order chi connectivity index (χ1) is 29.0. The molecule has 320 valence electrons. The number of carboxylic acids is 2. The van der Waals surface area contributed by atoms with Crippen molar-refractivity contribution in [2.75, 3.05) is 63.0 Å². The molecule has 3 unspecified atom stereocenters. The number of nitrogens with zero attached hydrogens (tertiary/aromatic N) is 4. The quantitative estimate of drug-likeness (QED) is 0.106. The lowest BCUT2D eigenvalue weighted by atomic mass is 9.92. The van der Waals surface area contributed by atoms with E-state index in [1.807, 2.05) is 9.80 Å². The maximum Gasteiger partial charge on any atom is 0.325 e. The van der Waals surface area contributed by atoms with Crippen molar-refractivity contribution in [1.82, 2.24) is 30.4 Å². The average molecular weight is 841 g/mol. The molecule has 1 aliphatic carbocycles. The van der Waals surface area contributed by atoms with Gasteiger partial charge in [-0.3, -0.25) is 29.0 Å². The first kappa shape index (κ1) is 41.9. The van der Waals surface area contributed by atoms with E-state index < -0.39 is 24.0 Å². The van der Waals surface area contributed by atoms with Crippen molar-refractivity contribution in [2.45, 2.75) is 82.7 Å². The molecule has 2 saturated heterocycles. The van der Waals surface area contributed by atoms with Crippen LogP contribution in [0.2, 0.25) is 5.02 Å². The summed E-state index contributed by atoms with van der Waals surface area (Å²) in [5.74, 6) is -0.117. The number of hydrogen-bond donors (Lipinski definition) is 6. The Labute approximate surface area is 356 Å². The van der Waals surface area contributed by atoms with Gasteiger partial charge in [0.25, 0.3) is 0 Å². The highest BCUT2D eigenvalue weighted by molar-refractivity contribution is 6.31. The average Bonchev–Trinajstić information content (AvgIpc) is 3.76. The molecule has 5 aliphatic rings. The summed E-state index contributed by atoms with van der Waals surface area (Å²) < 4.78 is 0. The van der Waals surface area contributed by atoms with Crippen molar-refractivity contribution in [3.8, 4) is 0 Å². The molecule has 6 atom stereocenters. The van der Waals surface area contributed by atoms with Crippen LogP contribution in [0.15, 0.2) is 42.5 Å². The van der Waals surface area contributed by atoms with Gasteiger partial charge in [0.1, 0.15) is 23.7 Å². The first-order valence-corrected chi connectivity index (χ1v) is 22.2. The van der Waals surface area contributed by atoms with Crippen molar-refractivity contribution < 1.29 is 29.4 Å². The Hall–Kier alpha value is -4.79. The minimum absolute atomic E-state index is 0.0143. The van der Waals surface area contributed by atoms with Gasteiger partial charge in [-0.25, -0.2) is 9.97 Å². The first-order valence-electron chi connectivity index (χ1n) is 21.8. The zero-order chi connectivity index (χ0) is 41.9. The molecule has 15 heteroatoms. The molecule has 0 spiro atoms. The van der Waals surface area contributed by atoms with E-state index in [0.29, 0.717) is 63.2 Å². The standard InChI is InChI=1S/C45H57ClN8O6/c1-26(36-13-10-28-6-3-18-48-41(28)52-36)14-20-50-42(55)29-15-21-53(22-16-29)38(44(57)58)30-9-12-32(35(46)23-30)39(45(59)60)54-24-33-34(25-54)37(33)43(56)49-19-4-7-31-11-8-27-5-2-17-47-40(27)51-31/h8-13,23,26,29,33-34,37-39H,2-7,14-22,24-25H2,1H3,(H,47,51)(H,48,52)(H,49,56)(H,50,55)(H,57,58)(H,59,60)/t26?,33-,34+,37-,38?,39?. The minimum atomic E-state index is -1.05. The summed E-state index contributed by atoms with van der Waals surface area (Å²) in [6.07, 6.45) is 7.70. The van der Waals surface area contributed by atoms with Gasteiger partial charge in [0, 0.05) is 86.5 Å². The number of carboxylic acid groups (broad SMARTS) is 2. The number of fused-ring (bicyclic) bond motifs is 3. The van der Waals surface area contributed by atoms with Crippen LogP contribution in [0.1, 0.15) is 97.1 Å². The highest BCUT2D eigenvalue weighted by atomic mass is 35.5. The maximum absolute atomic E-state index is 13.1. The molecular weight excluding hydrogens is 784 g/mol. The maximum atomic E-state index is 13.1. The van der Waals surface area contributed by atoms with Crippen molar-refractivity contribution in [3.63, 3.8) is 0 Å². The van der Waals surface area contributed by atoms with Crippen molar-refractivity contribution >= 4 is 47.0 Å². The number of nitrogens with one attached hydrogen (secondary N) is 4. The second-order valence-corrected chi connectivity index (χ2v) is 17.8. The Balaban J connectivity index is 0.793. The Morgan fingerprint density at radius 3 is 2.13 bits per heavy atom. The molecule has 6 heterocycles. The van der Waals surface area contributed by atoms with E-state index in [1.54, 1.807) is 18.2 Å². The topological polar surface area (TPSA) is 189 Å². The van der Waals surface area contributed by atoms with Crippen LogP contribution in [0.3, 0.4) is 0 Å². The smallest absolute Gasteiger partial charge is 0.325 e. The van der Waals surface area contributed by atoms with Crippen molar-refractivity contribution in [1.29, 1.82) is 0 Å². The number of aliphatic carboxylic acids is 2. The summed E-state index contributed by atoms with van der Waals surface area (Å²) in [5.41, 5.74) is 5.39. The van der Waals surface area contributed by atoms with Gasteiger partial charge in [0.05, 0.1) is 0 Å². The molecule has 60 heavy (non-hydrogen) atoms. The fourth-order valence-electron chi connectivity index (χ4n) is 9.94. The van der Waals surface area contributed by atoms with Crippen LogP contribution in [0, 0.1) is 23.7 Å². The van der Waals surface area contributed by atoms with Crippen molar-refractivity contribution in [2.24, 2.45) is 23.7 Å². The molecule has 14 nitrogen and oxygen atoms in total. The normalized spacial score (nSPS) is 22.8. The summed E-state index contributed by atoms with van der Waals surface area (Å²) >= 11 is 6.78. The van der Waals surface area contributed by atoms with Crippen LogP contribution in [-0.4, -0.2) is 106 Å². The molecule has 4 aliphatic heterocycles. The predicted molar refractivity (Wildman–Crippen MR) is 228 cm³/mol. The number of aromatic nitrogens is 2. The fourth-order valence-corrected chi connectivity index (χ4v) is 10.2. The molecule has 2 aromatic heterocycles. The highest BCUT2D eigenvalue weighted by Gasteiger charge is 2.60. The Morgan fingerprint density at radius 1 is 0.817 bits per heavy atom. The molecule has 0 bridgehead atoms. The number of anilines is 2. The van der Waals surface area contributed by atoms with E-state index >= 15 is 0 Å². The summed E-state index contributed by atoms with van der Waals surface area (Å²) in [4.78, 5) is 64.8. The van der Waals surface area contributed by atoms with Gasteiger partial charge < -0.3 is 31.5 Å². The van der Waals surface area contributed by atoms with Crippen LogP contribution in [-0.2, 0) is 38.4 Å². The summed E-state index contributed by atoms with van der Waals surface area (Å²) in [6.45, 7) is 6.87. The Bertz CT molecular complexity index is 2080. The Morgan fingerprint density at radius 2 is 1.47 bits per heavy atom. The van der Waals surface area contributed by atoms with Crippen LogP contribution >= 0.6 is 11.6 Å². The number of amides is 2. The van der Waals surface area contributed by atoms with Gasteiger partial charge >= 0.3 is 11.9 Å². The van der Waals surface area contributed by atoms with Gasteiger partial charge in [-0.05, 0) is 110 Å². The second-order valence-electron chi connectivity index (χ2n) is 17.4. The third-order valence-electron chi connectivity index (χ3n) is 13.4. The number of likely N-dealkylation sites (tertiary alicyclic amines) is 2. The molecule has 8 rings (SSSR count). The summed E-state index contributed by atoms with van der Waals surface area (Å²) in [7, 11) is 0. The van der Waals surface area contributed by atoms with Crippen LogP contribution in [0.5, 0.6) is 0 Å². The van der Waals surface area contributed by atoms with Crippen LogP contribution in [0.25, 0.3) is 0 Å². The van der Waals surface area contributed by atoms with E-state index in [1.165, 1.54) is 11.1 Å². The summed E-state index contributed by atoms with van der Waals surface area (Å²) in [5, 5.41) is 33.9. The van der Waals surface area contributed by atoms with Gasteiger partial charge in [-0.15, -0.1) is 0 Å². The predicted octanol–water partition coefficient (Wildman–Crippen LogP) is 5.05. The molecular formula is C45H57ClN8O6. The number of rotatable bonds is 16. The lowest BCUT2D eigenvalue weighted by molar-refractivity contribution is -0.145. The number of aryl methyl sites for hydroxylation is 3. The molecule has 6 N–H and O–H groups in total. The minimum Gasteiger partial charge on any atom is -0.480 e. The van der Waals surface area contributed by atoms with E-state index in [9.17, 15) is 29.4 Å². The van der Waals surface area contributed by atoms with Gasteiger partial charge in [0.15, 0.2) is 0 Å². The van der Waals surface area contributed by atoms with Gasteiger partial charge in [0.2, 0.25) is 11.8 Å². The number of pyridine rings is 2. The van der Waals surface area contributed by atoms with E-state index in [0.717, 1.165) is 81.1 Å². The van der Waals surface area contributed by atoms with Crippen molar-refractivity contribution in [3.05, 3.63) is 81.1 Å². The summed E-state index contributed by atoms with van der Waals surface area (Å²) in [6, 6.07) is 11.3. The molecule has 3 aromatic rings. The molecule has 1 aromatic carbocycles. The third kappa shape index (κ3) is 9.25. The number of carbonyl (C=O) groups is 4. The number of hydrogen-bond acceptors (Lipinski definition) is 10. The molecule has 2 amide bonds. The van der Waals surface area contributed by atoms with Gasteiger partial charge in [-0.1, -0.05) is 42.8 Å². The SMILES string of the molecule is CC(CCNC(=O)C1CCN(C(C(=O)O)c2ccc(C(C(=O)O)N3C[C@@H]4[C@H](C3)[C@@H]4C(=O)NCCCc3ccc4c(n3)NCCC4)c(Cl)c2)CC1)c1ccc2c(n1)NCCC2. The third-order valence-corrected chi connectivity index (χ3v) is 13.7. The lowest BCUT2D eigenvalue weighted by Crippen LogP contribution is -2.44. The van der Waals surface area contributed by atoms with Crippen LogP contribution < -0.4 is 21.3 Å². The number of halogens is 1. The Kier molecular flexibility index (Phi) is 12.9. The second kappa shape index (κ2) is 18.4. The lowest BCUT2D eigenvalue weighted by Gasteiger charge is -2.35. The zero-order valence-corrected chi connectivity index (χ0v) is 35.1. The highest BCUT2D eigenvalue weighted by Crippen LogP contribution is 2.54. The van der Waals surface area contributed by atoms with Crippen LogP contribution in [0.4, 0.5) is 11.6 Å². The number of benzene rings is 1. The molecule has 1 saturated carbocycles. The van der Waals surface area contributed by atoms with Gasteiger partial charge in [-0.2, -0.15) is 0 Å². The zero-order valence-electron chi connectivity index (χ0n) is 34.3. The monoisotopic (exact) mass is 840 g/mol. The fraction of sp³-hybridized carbons (Fsp3) is 0.556.